The molecule has 0 amide bonds. The molecule has 0 bridgehead atoms. The predicted octanol–water partition coefficient (Wildman–Crippen LogP) is 3.29. The van der Waals surface area contributed by atoms with Gasteiger partial charge in [0.2, 0.25) is 0 Å². The summed E-state index contributed by atoms with van der Waals surface area (Å²) in [7, 11) is 0. The van der Waals surface area contributed by atoms with Crippen LogP contribution < -0.4 is 5.11 Å². The van der Waals surface area contributed by atoms with Crippen LogP contribution >= 0.6 is 11.6 Å². The van der Waals surface area contributed by atoms with E-state index in [0.717, 1.165) is 0 Å². The van der Waals surface area contributed by atoms with E-state index in [0.29, 0.717) is 11.6 Å². The average molecular weight is 261 g/mol. The maximum Gasteiger partial charge on any atom is 0.433 e. The summed E-state index contributed by atoms with van der Waals surface area (Å²) in [4.78, 5) is 3.46. The van der Waals surface area contributed by atoms with Crippen LogP contribution in [0.2, 0.25) is 5.02 Å². The minimum Gasteiger partial charge on any atom is -0.872 e. The number of pyridine rings is 1. The fourth-order valence-electron chi connectivity index (χ4n) is 1.54. The molecule has 0 unspecified atom stereocenters. The first-order chi connectivity index (χ1) is 7.80. The molecule has 0 radical (unpaired) electrons. The smallest absolute Gasteiger partial charge is 0.433 e. The molecule has 0 atom stereocenters. The van der Waals surface area contributed by atoms with E-state index in [1.165, 1.54) is 12.1 Å². The van der Waals surface area contributed by atoms with E-state index in [9.17, 15) is 18.3 Å². The molecule has 2 aromatic rings. The van der Waals surface area contributed by atoms with Crippen LogP contribution in [0.1, 0.15) is 11.3 Å². The zero-order valence-electron chi connectivity index (χ0n) is 8.60. The number of benzene rings is 1. The Kier molecular flexibility index (Phi) is 2.66. The minimum absolute atomic E-state index is 0.00248. The van der Waals surface area contributed by atoms with Crippen LogP contribution in [0, 0.1) is 6.92 Å². The molecule has 0 aliphatic heterocycles. The van der Waals surface area contributed by atoms with Gasteiger partial charge in [-0.25, -0.2) is 4.98 Å². The van der Waals surface area contributed by atoms with Crippen molar-refractivity contribution in [2.24, 2.45) is 0 Å². The third-order valence-corrected chi connectivity index (χ3v) is 2.68. The lowest BCUT2D eigenvalue weighted by molar-refractivity contribution is -0.266. The molecular formula is C11H6ClF3NO-. The molecule has 2 nitrogen and oxygen atoms in total. The summed E-state index contributed by atoms with van der Waals surface area (Å²) < 4.78 is 37.5. The fourth-order valence-corrected chi connectivity index (χ4v) is 1.79. The quantitative estimate of drug-likeness (QED) is 0.729. The Morgan fingerprint density at radius 1 is 1.29 bits per heavy atom. The number of aryl methyl sites for hydroxylation is 1. The van der Waals surface area contributed by atoms with Gasteiger partial charge < -0.3 is 5.11 Å². The van der Waals surface area contributed by atoms with E-state index in [-0.39, 0.29) is 15.9 Å². The zero-order valence-corrected chi connectivity index (χ0v) is 9.36. The van der Waals surface area contributed by atoms with Crippen LogP contribution in [0.25, 0.3) is 10.9 Å². The van der Waals surface area contributed by atoms with E-state index < -0.39 is 17.6 Å². The highest BCUT2D eigenvalue weighted by molar-refractivity contribution is 6.36. The molecule has 1 heterocycles. The van der Waals surface area contributed by atoms with Gasteiger partial charge in [-0.1, -0.05) is 23.4 Å². The Labute approximate surface area is 99.7 Å². The third kappa shape index (κ3) is 2.02. The number of fused-ring (bicyclic) bond motifs is 1. The second-order valence-corrected chi connectivity index (χ2v) is 4.00. The van der Waals surface area contributed by atoms with Gasteiger partial charge in [0.05, 0.1) is 5.52 Å². The SMILES string of the molecule is Cc1ccc(Cl)c2c([O-])cc(C(F)(F)F)nc12. The predicted molar refractivity (Wildman–Crippen MR) is 55.9 cm³/mol. The monoisotopic (exact) mass is 260 g/mol. The molecular weight excluding hydrogens is 255 g/mol. The van der Waals surface area contributed by atoms with E-state index in [1.54, 1.807) is 6.92 Å². The number of alkyl halides is 3. The van der Waals surface area contributed by atoms with Crippen LogP contribution in [0.4, 0.5) is 13.2 Å². The van der Waals surface area contributed by atoms with Crippen LogP contribution in [0.5, 0.6) is 5.75 Å². The summed E-state index contributed by atoms with van der Waals surface area (Å²) in [5.41, 5.74) is -0.717. The van der Waals surface area contributed by atoms with Gasteiger partial charge in [-0.2, -0.15) is 13.2 Å². The summed E-state index contributed by atoms with van der Waals surface area (Å²) in [5.74, 6) is -0.768. The molecule has 0 fully saturated rings. The molecule has 0 aliphatic carbocycles. The zero-order chi connectivity index (χ0) is 12.8. The van der Waals surface area contributed by atoms with Crippen LogP contribution in [-0.4, -0.2) is 4.98 Å². The third-order valence-electron chi connectivity index (χ3n) is 2.37. The van der Waals surface area contributed by atoms with Crippen molar-refractivity contribution >= 4 is 22.5 Å². The maximum absolute atomic E-state index is 12.5. The van der Waals surface area contributed by atoms with Crippen LogP contribution in [0.3, 0.4) is 0 Å². The van der Waals surface area contributed by atoms with Crippen LogP contribution in [0.15, 0.2) is 18.2 Å². The van der Waals surface area contributed by atoms with Gasteiger partial charge >= 0.3 is 6.18 Å². The van der Waals surface area contributed by atoms with E-state index >= 15 is 0 Å². The van der Waals surface area contributed by atoms with Crippen molar-refractivity contribution < 1.29 is 18.3 Å². The Morgan fingerprint density at radius 2 is 1.94 bits per heavy atom. The number of aromatic nitrogens is 1. The lowest BCUT2D eigenvalue weighted by Gasteiger charge is -2.16. The summed E-state index contributed by atoms with van der Waals surface area (Å²) in [6.07, 6.45) is -4.64. The first kappa shape index (κ1) is 12.0. The first-order valence-corrected chi connectivity index (χ1v) is 5.02. The molecule has 0 saturated carbocycles. The maximum atomic E-state index is 12.5. The van der Waals surface area contributed by atoms with Crippen molar-refractivity contribution in [3.8, 4) is 5.75 Å². The van der Waals surface area contributed by atoms with E-state index in [4.69, 9.17) is 11.6 Å². The van der Waals surface area contributed by atoms with Crippen molar-refractivity contribution in [1.82, 2.24) is 4.98 Å². The Hall–Kier alpha value is -1.49. The average Bonchev–Trinajstić information content (AvgIpc) is 2.21. The molecule has 0 spiro atoms. The molecule has 17 heavy (non-hydrogen) atoms. The lowest BCUT2D eigenvalue weighted by Crippen LogP contribution is -2.10. The molecule has 0 N–H and O–H groups in total. The van der Waals surface area contributed by atoms with E-state index in [1.807, 2.05) is 0 Å². The Morgan fingerprint density at radius 3 is 2.53 bits per heavy atom. The molecule has 1 aromatic heterocycles. The topological polar surface area (TPSA) is 36.0 Å². The largest absolute Gasteiger partial charge is 0.872 e. The van der Waals surface area contributed by atoms with Crippen LogP contribution in [-0.2, 0) is 6.18 Å². The van der Waals surface area contributed by atoms with Crippen molar-refractivity contribution in [1.29, 1.82) is 0 Å². The van der Waals surface area contributed by atoms with Crippen molar-refractivity contribution in [3.63, 3.8) is 0 Å². The number of rotatable bonds is 0. The van der Waals surface area contributed by atoms with Crippen molar-refractivity contribution in [2.75, 3.05) is 0 Å². The molecule has 2 rings (SSSR count). The van der Waals surface area contributed by atoms with E-state index in [2.05, 4.69) is 4.98 Å². The van der Waals surface area contributed by atoms with Gasteiger partial charge in [0, 0.05) is 10.4 Å². The minimum atomic E-state index is -4.64. The summed E-state index contributed by atoms with van der Waals surface area (Å²) >= 11 is 5.78. The van der Waals surface area contributed by atoms with Gasteiger partial charge in [0.1, 0.15) is 5.69 Å². The van der Waals surface area contributed by atoms with Crippen molar-refractivity contribution in [3.05, 3.63) is 34.5 Å². The number of hydrogen-bond donors (Lipinski definition) is 0. The second kappa shape index (κ2) is 3.77. The number of hydrogen-bond acceptors (Lipinski definition) is 2. The molecule has 90 valence electrons. The normalized spacial score (nSPS) is 12.1. The van der Waals surface area contributed by atoms with Gasteiger partial charge in [-0.3, -0.25) is 0 Å². The molecule has 6 heteroatoms. The van der Waals surface area contributed by atoms with Gasteiger partial charge in [-0.15, -0.1) is 0 Å². The highest BCUT2D eigenvalue weighted by Gasteiger charge is 2.32. The van der Waals surface area contributed by atoms with Gasteiger partial charge in [0.25, 0.3) is 0 Å². The second-order valence-electron chi connectivity index (χ2n) is 3.59. The lowest BCUT2D eigenvalue weighted by atomic mass is 10.1. The highest BCUT2D eigenvalue weighted by atomic mass is 35.5. The highest BCUT2D eigenvalue weighted by Crippen LogP contribution is 2.36. The molecule has 0 aliphatic rings. The first-order valence-electron chi connectivity index (χ1n) is 4.65. The summed E-state index contributed by atoms with van der Waals surface area (Å²) in [5, 5.41) is 11.7. The number of halogens is 4. The molecule has 1 aromatic carbocycles. The Bertz CT molecular complexity index is 595. The number of nitrogens with zero attached hydrogens (tertiary/aromatic N) is 1. The summed E-state index contributed by atoms with van der Waals surface area (Å²) in [6.45, 7) is 1.57. The van der Waals surface area contributed by atoms with Crippen molar-refractivity contribution in [2.45, 2.75) is 13.1 Å². The fraction of sp³-hybridized carbons (Fsp3) is 0.182. The van der Waals surface area contributed by atoms with Gasteiger partial charge in [0.15, 0.2) is 0 Å². The summed E-state index contributed by atoms with van der Waals surface area (Å²) in [6, 6.07) is 3.46. The molecule has 0 saturated heterocycles. The Balaban J connectivity index is 2.87. The standard InChI is InChI=1S/C11H7ClF3NO/c1-5-2-3-6(12)9-7(17)4-8(11(13,14)15)16-10(5)9/h2-4H,1H3,(H,16,17)/p-1. The van der Waals surface area contributed by atoms with Gasteiger partial charge in [-0.05, 0) is 24.6 Å².